The van der Waals surface area contributed by atoms with Crippen LogP contribution in [0.4, 0.5) is 0 Å². The van der Waals surface area contributed by atoms with Crippen LogP contribution in [0.3, 0.4) is 0 Å². The van der Waals surface area contributed by atoms with Crippen LogP contribution in [0.15, 0.2) is 11.6 Å². The smallest absolute Gasteiger partial charge is 0.113 e. The van der Waals surface area contributed by atoms with Gasteiger partial charge in [-0.25, -0.2) is 0 Å². The summed E-state index contributed by atoms with van der Waals surface area (Å²) in [5.74, 6) is 1.13. The van der Waals surface area contributed by atoms with E-state index < -0.39 is 48.6 Å². The number of hydrogen-bond acceptors (Lipinski definition) is 7. The molecule has 246 valence electrons. The van der Waals surface area contributed by atoms with Gasteiger partial charge < -0.3 is 35.4 Å². The molecule has 0 aromatic heterocycles. The van der Waals surface area contributed by atoms with Gasteiger partial charge in [0.05, 0.1) is 18.8 Å². The zero-order valence-corrected chi connectivity index (χ0v) is 27.7. The number of aliphatic hydroxyl groups excluding tert-OH is 6. The predicted molar refractivity (Wildman–Crippen MR) is 165 cm³/mol. The minimum atomic E-state index is -1.49. The predicted octanol–water partition coefficient (Wildman–Crippen LogP) is 4.35. The van der Waals surface area contributed by atoms with Crippen molar-refractivity contribution in [1.29, 1.82) is 0 Å². The first-order valence-electron chi connectivity index (χ1n) is 17.3. The summed E-state index contributed by atoms with van der Waals surface area (Å²) in [7, 11) is 0. The van der Waals surface area contributed by atoms with Gasteiger partial charge in [-0.15, -0.1) is 0 Å². The van der Waals surface area contributed by atoms with E-state index in [-0.39, 0.29) is 39.1 Å². The Kier molecular flexibility index (Phi) is 7.71. The molecule has 5 fully saturated rings. The molecule has 1 heterocycles. The number of fused-ring (bicyclic) bond motifs is 7. The second-order valence-electron chi connectivity index (χ2n) is 18.1. The fourth-order valence-corrected chi connectivity index (χ4v) is 12.5. The number of ether oxygens (including phenoxy) is 1. The second-order valence-corrected chi connectivity index (χ2v) is 18.1. The van der Waals surface area contributed by atoms with E-state index in [1.807, 2.05) is 0 Å². The normalized spacial score (nSPS) is 54.7. The molecule has 14 atom stereocenters. The molecule has 7 nitrogen and oxygen atoms in total. The fraction of sp³-hybridized carbons (Fsp3) is 0.944. The lowest BCUT2D eigenvalue weighted by atomic mass is 9.33. The second kappa shape index (κ2) is 10.2. The maximum absolute atomic E-state index is 12.3. The highest BCUT2D eigenvalue weighted by molar-refractivity contribution is 5.34. The van der Waals surface area contributed by atoms with Crippen LogP contribution in [0, 0.1) is 50.2 Å². The van der Waals surface area contributed by atoms with Gasteiger partial charge in [0.25, 0.3) is 0 Å². The molecule has 0 spiro atoms. The third-order valence-corrected chi connectivity index (χ3v) is 15.5. The molecule has 0 amide bonds. The van der Waals surface area contributed by atoms with Crippen LogP contribution in [0.5, 0.6) is 0 Å². The molecule has 0 bridgehead atoms. The standard InChI is InChI=1S/C36H60O7/c1-31(2)14-16-36(30(42)29-28(41)27(40)26(39)22(19-37)43-29)17-15-34(6)20(21(36)18-31)8-9-24-33(5)12-11-25(38)32(3,4)23(33)10-13-35(24,34)7/h8,21-30,37-42H,9-19H2,1-7H3/t21?,22?,23?,24?,25-,26+,27-,28?,29-,30+,33-,34+,35+,36-/m0/s1. The molecule has 5 unspecified atom stereocenters. The Morgan fingerprint density at radius 1 is 0.814 bits per heavy atom. The summed E-state index contributed by atoms with van der Waals surface area (Å²) in [6.45, 7) is 16.3. The van der Waals surface area contributed by atoms with Crippen LogP contribution in [-0.2, 0) is 4.74 Å². The lowest BCUT2D eigenvalue weighted by molar-refractivity contribution is -0.272. The Hall–Kier alpha value is -0.540. The monoisotopic (exact) mass is 604 g/mol. The zero-order chi connectivity index (χ0) is 31.5. The molecule has 43 heavy (non-hydrogen) atoms. The summed E-state index contributed by atoms with van der Waals surface area (Å²) in [6.07, 6.45) is 4.49. The van der Waals surface area contributed by atoms with Crippen LogP contribution in [0.25, 0.3) is 0 Å². The number of hydrogen-bond donors (Lipinski definition) is 6. The van der Waals surface area contributed by atoms with Gasteiger partial charge in [0.2, 0.25) is 0 Å². The molecule has 0 aromatic carbocycles. The van der Waals surface area contributed by atoms with Crippen LogP contribution in [0.1, 0.15) is 113 Å². The first-order chi connectivity index (χ1) is 19.9. The Balaban J connectivity index is 1.40. The molecular formula is C36H60O7. The number of rotatable bonds is 3. The molecule has 1 aliphatic heterocycles. The average Bonchev–Trinajstić information content (AvgIpc) is 2.94. The summed E-state index contributed by atoms with van der Waals surface area (Å²) in [5.41, 5.74) is 1.21. The van der Waals surface area contributed by atoms with E-state index >= 15 is 0 Å². The van der Waals surface area contributed by atoms with Crippen LogP contribution in [0.2, 0.25) is 0 Å². The molecule has 0 aromatic rings. The van der Waals surface area contributed by atoms with Gasteiger partial charge in [-0.3, -0.25) is 0 Å². The molecule has 6 rings (SSSR count). The topological polar surface area (TPSA) is 131 Å². The Morgan fingerprint density at radius 2 is 1.49 bits per heavy atom. The third kappa shape index (κ3) is 4.30. The van der Waals surface area contributed by atoms with Crippen molar-refractivity contribution >= 4 is 0 Å². The molecule has 4 saturated carbocycles. The lowest BCUT2D eigenvalue weighted by Crippen LogP contribution is -2.68. The largest absolute Gasteiger partial charge is 0.394 e. The molecule has 0 radical (unpaired) electrons. The van der Waals surface area contributed by atoms with E-state index in [1.54, 1.807) is 0 Å². The van der Waals surface area contributed by atoms with Crippen molar-refractivity contribution < 1.29 is 35.4 Å². The summed E-state index contributed by atoms with van der Waals surface area (Å²) in [6, 6.07) is 0. The Labute approximate surface area is 259 Å². The molecular weight excluding hydrogens is 544 g/mol. The first-order valence-corrected chi connectivity index (χ1v) is 17.3. The van der Waals surface area contributed by atoms with Crippen LogP contribution in [-0.4, -0.2) is 80.0 Å². The molecule has 6 N–H and O–H groups in total. The van der Waals surface area contributed by atoms with Crippen molar-refractivity contribution in [3.8, 4) is 0 Å². The van der Waals surface area contributed by atoms with Crippen LogP contribution >= 0.6 is 0 Å². The molecule has 5 aliphatic carbocycles. The summed E-state index contributed by atoms with van der Waals surface area (Å²) in [5, 5.41) is 65.3. The first kappa shape index (κ1) is 32.4. The van der Waals surface area contributed by atoms with Crippen molar-refractivity contribution in [2.24, 2.45) is 50.2 Å². The molecule has 6 aliphatic rings. The highest BCUT2D eigenvalue weighted by Gasteiger charge is 2.69. The van der Waals surface area contributed by atoms with E-state index in [4.69, 9.17) is 4.74 Å². The van der Waals surface area contributed by atoms with Crippen molar-refractivity contribution in [3.63, 3.8) is 0 Å². The lowest BCUT2D eigenvalue weighted by Gasteiger charge is -2.72. The number of allylic oxidation sites excluding steroid dienone is 2. The van der Waals surface area contributed by atoms with Crippen molar-refractivity contribution in [2.45, 2.75) is 155 Å². The average molecular weight is 605 g/mol. The Morgan fingerprint density at radius 3 is 2.16 bits per heavy atom. The highest BCUT2D eigenvalue weighted by Crippen LogP contribution is 2.76. The minimum Gasteiger partial charge on any atom is -0.394 e. The highest BCUT2D eigenvalue weighted by atomic mass is 16.6. The van der Waals surface area contributed by atoms with Gasteiger partial charge >= 0.3 is 0 Å². The van der Waals surface area contributed by atoms with Gasteiger partial charge in [0.1, 0.15) is 30.5 Å². The van der Waals surface area contributed by atoms with Gasteiger partial charge in [-0.05, 0) is 109 Å². The van der Waals surface area contributed by atoms with E-state index in [0.29, 0.717) is 11.8 Å². The quantitative estimate of drug-likeness (QED) is 0.264. The van der Waals surface area contributed by atoms with Crippen molar-refractivity contribution in [3.05, 3.63) is 11.6 Å². The van der Waals surface area contributed by atoms with Crippen molar-refractivity contribution in [1.82, 2.24) is 0 Å². The van der Waals surface area contributed by atoms with E-state index in [0.717, 1.165) is 64.2 Å². The maximum atomic E-state index is 12.3. The van der Waals surface area contributed by atoms with Gasteiger partial charge in [-0.1, -0.05) is 60.1 Å². The SMILES string of the molecule is CC1(C)CC[C@]2([C@H](O)[C@H]3OC(CO)[C@@H](O)[C@H](O)C3O)CC[C@]3(C)C(=CCC4[C@@]5(C)CC[C@H](O)C(C)(C)C5CC[C@]43C)C2C1. The Bertz CT molecular complexity index is 1120. The van der Waals surface area contributed by atoms with Gasteiger partial charge in [0, 0.05) is 5.41 Å². The summed E-state index contributed by atoms with van der Waals surface area (Å²) < 4.78 is 6.01. The molecule has 1 saturated heterocycles. The molecule has 7 heteroatoms. The van der Waals surface area contributed by atoms with E-state index in [1.165, 1.54) is 5.57 Å². The van der Waals surface area contributed by atoms with Gasteiger partial charge in [0.15, 0.2) is 0 Å². The maximum Gasteiger partial charge on any atom is 0.113 e. The summed E-state index contributed by atoms with van der Waals surface area (Å²) in [4.78, 5) is 0. The third-order valence-electron chi connectivity index (χ3n) is 15.5. The number of aliphatic hydroxyl groups is 6. The minimum absolute atomic E-state index is 0.0270. The van der Waals surface area contributed by atoms with Crippen LogP contribution < -0.4 is 0 Å². The van der Waals surface area contributed by atoms with E-state index in [9.17, 15) is 30.6 Å². The fourth-order valence-electron chi connectivity index (χ4n) is 12.5. The van der Waals surface area contributed by atoms with Gasteiger partial charge in [-0.2, -0.15) is 0 Å². The summed E-state index contributed by atoms with van der Waals surface area (Å²) >= 11 is 0. The zero-order valence-electron chi connectivity index (χ0n) is 27.7. The van der Waals surface area contributed by atoms with Crippen molar-refractivity contribution in [2.75, 3.05) is 6.61 Å². The van der Waals surface area contributed by atoms with E-state index in [2.05, 4.69) is 54.5 Å².